The lowest BCUT2D eigenvalue weighted by atomic mass is 10.3. The summed E-state index contributed by atoms with van der Waals surface area (Å²) in [5.41, 5.74) is 0.0681. The first kappa shape index (κ1) is 17.5. The van der Waals surface area contributed by atoms with Crippen molar-refractivity contribution in [3.63, 3.8) is 0 Å². The number of rotatable bonds is 7. The van der Waals surface area contributed by atoms with Crippen LogP contribution in [0.1, 0.15) is 0 Å². The monoisotopic (exact) mass is 378 g/mol. The van der Waals surface area contributed by atoms with Crippen LogP contribution in [0.3, 0.4) is 0 Å². The first-order chi connectivity index (χ1) is 12.1. The lowest BCUT2D eigenvalue weighted by Gasteiger charge is -2.20. The molecule has 0 saturated heterocycles. The minimum atomic E-state index is -4.12. The van der Waals surface area contributed by atoms with Crippen molar-refractivity contribution < 1.29 is 28.0 Å². The molecule has 3 rings (SSSR count). The summed E-state index contributed by atoms with van der Waals surface area (Å²) in [5, 5.41) is 9.24. The van der Waals surface area contributed by atoms with Gasteiger partial charge < -0.3 is 18.7 Å². The molecule has 0 fully saturated rings. The number of phosphoric ester groups is 1. The Morgan fingerprint density at radius 3 is 1.88 bits per heavy atom. The van der Waals surface area contributed by atoms with Gasteiger partial charge in [-0.2, -0.15) is 4.57 Å². The van der Waals surface area contributed by atoms with Gasteiger partial charge in [0.05, 0.1) is 11.3 Å². The summed E-state index contributed by atoms with van der Waals surface area (Å²) < 4.78 is 29.6. The number of carboxylic acid groups (broad SMARTS) is 1. The summed E-state index contributed by atoms with van der Waals surface area (Å²) in [7, 11) is -4.12. The third-order valence-corrected chi connectivity index (χ3v) is 5.49. The van der Waals surface area contributed by atoms with Crippen LogP contribution in [0.4, 0.5) is 0 Å². The molecule has 0 amide bonds. The van der Waals surface area contributed by atoms with E-state index in [0.29, 0.717) is 17.3 Å². The highest BCUT2D eigenvalue weighted by molar-refractivity contribution is 8.00. The van der Waals surface area contributed by atoms with E-state index in [4.69, 9.17) is 13.6 Å². The van der Waals surface area contributed by atoms with E-state index in [1.54, 1.807) is 60.7 Å². The Balaban J connectivity index is 1.90. The standard InChI is InChI=1S/C17H15O6PS/c18-17(19)15-11-25-12-16(15)23-24(20,21-13-7-3-1-4-8-13)22-14-9-5-2-6-10-14/h1-10H,11-12H2,(H,18,19). The number of aliphatic carboxylic acids is 1. The molecule has 25 heavy (non-hydrogen) atoms. The number of thioether (sulfide) groups is 1. The number of carboxylic acids is 1. The van der Waals surface area contributed by atoms with Crippen LogP contribution < -0.4 is 9.05 Å². The molecule has 0 aromatic heterocycles. The van der Waals surface area contributed by atoms with Gasteiger partial charge in [-0.15, -0.1) is 11.8 Å². The summed E-state index contributed by atoms with van der Waals surface area (Å²) in [6.45, 7) is 0. The molecule has 6 nitrogen and oxygen atoms in total. The van der Waals surface area contributed by atoms with Crippen LogP contribution in [0, 0.1) is 0 Å². The van der Waals surface area contributed by atoms with Crippen molar-refractivity contribution in [2.45, 2.75) is 0 Å². The Morgan fingerprint density at radius 2 is 1.40 bits per heavy atom. The molecule has 0 radical (unpaired) electrons. The third kappa shape index (κ3) is 4.59. The van der Waals surface area contributed by atoms with E-state index in [1.165, 1.54) is 11.8 Å². The molecule has 2 aromatic rings. The Morgan fingerprint density at radius 1 is 0.880 bits per heavy atom. The predicted molar refractivity (Wildman–Crippen MR) is 94.8 cm³/mol. The van der Waals surface area contributed by atoms with Crippen LogP contribution in [0.15, 0.2) is 72.0 Å². The predicted octanol–water partition coefficient (Wildman–Crippen LogP) is 4.35. The van der Waals surface area contributed by atoms with Crippen molar-refractivity contribution in [2.75, 3.05) is 11.5 Å². The minimum Gasteiger partial charge on any atom is -0.478 e. The number of benzene rings is 2. The Kier molecular flexibility index (Phi) is 5.36. The van der Waals surface area contributed by atoms with Gasteiger partial charge in [-0.3, -0.25) is 0 Å². The first-order valence-corrected chi connectivity index (χ1v) is 9.99. The fraction of sp³-hybridized carbons (Fsp3) is 0.118. The van der Waals surface area contributed by atoms with E-state index < -0.39 is 13.8 Å². The summed E-state index contributed by atoms with van der Waals surface area (Å²) >= 11 is 1.36. The average molecular weight is 378 g/mol. The third-order valence-electron chi connectivity index (χ3n) is 3.22. The SMILES string of the molecule is O=C(O)C1=C(OP(=O)(Oc2ccccc2)Oc2ccccc2)CSC1. The normalized spacial score (nSPS) is 14.2. The quantitative estimate of drug-likeness (QED) is 0.717. The molecular weight excluding hydrogens is 363 g/mol. The van der Waals surface area contributed by atoms with Gasteiger partial charge in [0.15, 0.2) is 0 Å². The summed E-state index contributed by atoms with van der Waals surface area (Å²) in [4.78, 5) is 11.3. The molecule has 0 atom stereocenters. The van der Waals surface area contributed by atoms with Gasteiger partial charge in [0, 0.05) is 5.75 Å². The second-order valence-electron chi connectivity index (χ2n) is 5.05. The summed E-state index contributed by atoms with van der Waals surface area (Å²) in [6, 6.07) is 16.9. The Labute approximate surface area is 149 Å². The molecule has 1 aliphatic heterocycles. The molecule has 0 spiro atoms. The van der Waals surface area contributed by atoms with Crippen molar-refractivity contribution in [2.24, 2.45) is 0 Å². The van der Waals surface area contributed by atoms with Crippen LogP contribution in [-0.2, 0) is 13.9 Å². The van der Waals surface area contributed by atoms with Gasteiger partial charge in [0.1, 0.15) is 17.3 Å². The maximum absolute atomic E-state index is 13.2. The second kappa shape index (κ2) is 7.68. The van der Waals surface area contributed by atoms with E-state index in [-0.39, 0.29) is 17.1 Å². The van der Waals surface area contributed by atoms with Crippen molar-refractivity contribution in [1.82, 2.24) is 0 Å². The molecule has 0 saturated carbocycles. The van der Waals surface area contributed by atoms with Gasteiger partial charge in [-0.25, -0.2) is 4.79 Å². The molecular formula is C17H15O6PS. The maximum Gasteiger partial charge on any atom is 0.646 e. The summed E-state index contributed by atoms with van der Waals surface area (Å²) in [5.74, 6) is 0.164. The van der Waals surface area contributed by atoms with Crippen molar-refractivity contribution in [3.05, 3.63) is 72.0 Å². The smallest absolute Gasteiger partial charge is 0.478 e. The van der Waals surface area contributed by atoms with E-state index in [0.717, 1.165) is 0 Å². The second-order valence-corrected chi connectivity index (χ2v) is 7.47. The molecule has 130 valence electrons. The van der Waals surface area contributed by atoms with Crippen molar-refractivity contribution >= 4 is 25.6 Å². The number of hydrogen-bond donors (Lipinski definition) is 1. The lowest BCUT2D eigenvalue weighted by molar-refractivity contribution is -0.132. The number of carbonyl (C=O) groups is 1. The zero-order valence-electron chi connectivity index (χ0n) is 13.0. The molecule has 0 aliphatic carbocycles. The highest BCUT2D eigenvalue weighted by Gasteiger charge is 2.37. The van der Waals surface area contributed by atoms with Crippen LogP contribution >= 0.6 is 19.6 Å². The van der Waals surface area contributed by atoms with Gasteiger partial charge in [-0.1, -0.05) is 36.4 Å². The van der Waals surface area contributed by atoms with Crippen molar-refractivity contribution in [3.8, 4) is 11.5 Å². The van der Waals surface area contributed by atoms with Crippen molar-refractivity contribution in [1.29, 1.82) is 0 Å². The molecule has 0 unspecified atom stereocenters. The zero-order chi connectivity index (χ0) is 17.7. The lowest BCUT2D eigenvalue weighted by Crippen LogP contribution is -2.09. The fourth-order valence-electron chi connectivity index (χ4n) is 2.09. The van der Waals surface area contributed by atoms with E-state index in [2.05, 4.69) is 0 Å². The minimum absolute atomic E-state index is 0.0681. The maximum atomic E-state index is 13.2. The molecule has 1 aliphatic rings. The number of para-hydroxylation sites is 2. The van der Waals surface area contributed by atoms with Crippen LogP contribution in [0.5, 0.6) is 11.5 Å². The highest BCUT2D eigenvalue weighted by Crippen LogP contribution is 2.52. The molecule has 2 aromatic carbocycles. The number of hydrogen-bond acceptors (Lipinski definition) is 6. The van der Waals surface area contributed by atoms with Crippen LogP contribution in [-0.4, -0.2) is 22.6 Å². The zero-order valence-corrected chi connectivity index (χ0v) is 14.7. The Bertz CT molecular complexity index is 776. The summed E-state index contributed by atoms with van der Waals surface area (Å²) in [6.07, 6.45) is 0. The Hall–Kier alpha value is -2.37. The van der Waals surface area contributed by atoms with Gasteiger partial charge >= 0.3 is 13.8 Å². The number of phosphoric acid groups is 1. The van der Waals surface area contributed by atoms with Crippen LogP contribution in [0.2, 0.25) is 0 Å². The van der Waals surface area contributed by atoms with Gasteiger partial charge in [0.2, 0.25) is 0 Å². The topological polar surface area (TPSA) is 82.1 Å². The molecule has 1 heterocycles. The van der Waals surface area contributed by atoms with Gasteiger partial charge in [0.25, 0.3) is 0 Å². The highest BCUT2D eigenvalue weighted by atomic mass is 32.2. The molecule has 0 bridgehead atoms. The van der Waals surface area contributed by atoms with E-state index in [1.807, 2.05) is 0 Å². The molecule has 8 heteroatoms. The van der Waals surface area contributed by atoms with E-state index in [9.17, 15) is 14.5 Å². The fourth-order valence-corrected chi connectivity index (χ4v) is 4.50. The van der Waals surface area contributed by atoms with Gasteiger partial charge in [-0.05, 0) is 24.3 Å². The first-order valence-electron chi connectivity index (χ1n) is 7.38. The van der Waals surface area contributed by atoms with E-state index >= 15 is 0 Å². The molecule has 1 N–H and O–H groups in total. The largest absolute Gasteiger partial charge is 0.646 e. The van der Waals surface area contributed by atoms with Crippen LogP contribution in [0.25, 0.3) is 0 Å². The average Bonchev–Trinajstić information content (AvgIpc) is 3.04.